The molecular formula is C18H22N2O3S2. The smallest absolute Gasteiger partial charge is 0.308 e. The van der Waals surface area contributed by atoms with Crippen molar-refractivity contribution < 1.29 is 14.7 Å². The number of carboxylic acid groups (broad SMARTS) is 1. The molecule has 1 amide bonds. The van der Waals surface area contributed by atoms with Crippen molar-refractivity contribution in [2.24, 2.45) is 5.92 Å². The summed E-state index contributed by atoms with van der Waals surface area (Å²) < 4.78 is 0. The molecule has 25 heavy (non-hydrogen) atoms. The second-order valence-corrected chi connectivity index (χ2v) is 7.82. The Morgan fingerprint density at radius 3 is 2.60 bits per heavy atom. The molecular weight excluding hydrogens is 356 g/mol. The number of aryl methyl sites for hydroxylation is 1. The lowest BCUT2D eigenvalue weighted by Gasteiger charge is -2.12. The quantitative estimate of drug-likeness (QED) is 0.645. The van der Waals surface area contributed by atoms with Crippen molar-refractivity contribution in [2.75, 3.05) is 6.54 Å². The molecule has 7 heteroatoms. The zero-order chi connectivity index (χ0) is 18.2. The van der Waals surface area contributed by atoms with E-state index in [9.17, 15) is 9.59 Å². The molecule has 0 saturated carbocycles. The molecule has 0 radical (unpaired) electrons. The zero-order valence-electron chi connectivity index (χ0n) is 14.3. The number of hydrogen-bond donors (Lipinski definition) is 2. The molecule has 5 nitrogen and oxygen atoms in total. The average Bonchev–Trinajstić information content (AvgIpc) is 3.02. The largest absolute Gasteiger partial charge is 0.481 e. The van der Waals surface area contributed by atoms with Crippen molar-refractivity contribution in [3.8, 4) is 0 Å². The van der Waals surface area contributed by atoms with Gasteiger partial charge in [-0.1, -0.05) is 13.3 Å². The van der Waals surface area contributed by atoms with Gasteiger partial charge in [-0.25, -0.2) is 4.98 Å². The summed E-state index contributed by atoms with van der Waals surface area (Å²) >= 11 is 3.31. The molecule has 134 valence electrons. The normalized spacial score (nSPS) is 11.9. The van der Waals surface area contributed by atoms with Gasteiger partial charge in [0.1, 0.15) is 0 Å². The maximum Gasteiger partial charge on any atom is 0.308 e. The van der Waals surface area contributed by atoms with Crippen LogP contribution in [-0.4, -0.2) is 28.5 Å². The van der Waals surface area contributed by atoms with Gasteiger partial charge < -0.3 is 10.4 Å². The molecule has 1 unspecified atom stereocenters. The number of carbonyl (C=O) groups is 2. The van der Waals surface area contributed by atoms with Gasteiger partial charge in [-0.05, 0) is 37.6 Å². The standard InChI is InChI=1S/C18H22N2O3S2/c1-3-4-14(18(22)23)9-19-17(21)13-5-7-16(8-6-13)25-11-15-10-24-12(2)20-15/h5-8,10,14H,3-4,9,11H2,1-2H3,(H,19,21)(H,22,23). The first-order valence-electron chi connectivity index (χ1n) is 8.14. The van der Waals surface area contributed by atoms with E-state index in [1.165, 1.54) is 0 Å². The van der Waals surface area contributed by atoms with Crippen molar-refractivity contribution >= 4 is 35.0 Å². The van der Waals surface area contributed by atoms with Crippen LogP contribution in [0.2, 0.25) is 0 Å². The highest BCUT2D eigenvalue weighted by Gasteiger charge is 2.17. The Hall–Kier alpha value is -1.86. The fraction of sp³-hybridized carbons (Fsp3) is 0.389. The zero-order valence-corrected chi connectivity index (χ0v) is 16.0. The van der Waals surface area contributed by atoms with Crippen LogP contribution >= 0.6 is 23.1 Å². The molecule has 2 aromatic rings. The maximum atomic E-state index is 12.1. The van der Waals surface area contributed by atoms with Crippen molar-refractivity contribution in [3.63, 3.8) is 0 Å². The van der Waals surface area contributed by atoms with Crippen molar-refractivity contribution in [3.05, 3.63) is 45.9 Å². The van der Waals surface area contributed by atoms with Gasteiger partial charge in [-0.2, -0.15) is 0 Å². The van der Waals surface area contributed by atoms with Crippen LogP contribution in [-0.2, 0) is 10.5 Å². The second-order valence-electron chi connectivity index (χ2n) is 5.70. The molecule has 1 heterocycles. The Morgan fingerprint density at radius 2 is 2.04 bits per heavy atom. The molecule has 2 N–H and O–H groups in total. The van der Waals surface area contributed by atoms with Gasteiger partial charge in [0.25, 0.3) is 5.91 Å². The summed E-state index contributed by atoms with van der Waals surface area (Å²) in [6.07, 6.45) is 1.33. The highest BCUT2D eigenvalue weighted by Crippen LogP contribution is 2.23. The molecule has 0 aliphatic rings. The summed E-state index contributed by atoms with van der Waals surface area (Å²) in [7, 11) is 0. The lowest BCUT2D eigenvalue weighted by atomic mass is 10.0. The van der Waals surface area contributed by atoms with E-state index in [-0.39, 0.29) is 12.5 Å². The number of benzene rings is 1. The summed E-state index contributed by atoms with van der Waals surface area (Å²) in [5.41, 5.74) is 1.60. The maximum absolute atomic E-state index is 12.1. The highest BCUT2D eigenvalue weighted by atomic mass is 32.2. The Labute approximate surface area is 155 Å². The molecule has 0 aliphatic heterocycles. The van der Waals surface area contributed by atoms with E-state index >= 15 is 0 Å². The first-order chi connectivity index (χ1) is 12.0. The number of amides is 1. The second kappa shape index (κ2) is 9.58. The number of nitrogens with one attached hydrogen (secondary N) is 1. The molecule has 0 fully saturated rings. The number of thioether (sulfide) groups is 1. The van der Waals surface area contributed by atoms with Crippen LogP contribution < -0.4 is 5.32 Å². The lowest BCUT2D eigenvalue weighted by Crippen LogP contribution is -2.32. The number of aromatic nitrogens is 1. The van der Waals surface area contributed by atoms with Gasteiger partial charge in [0.05, 0.1) is 16.6 Å². The van der Waals surface area contributed by atoms with Crippen LogP contribution in [0, 0.1) is 12.8 Å². The first kappa shape index (κ1) is 19.5. The van der Waals surface area contributed by atoms with E-state index in [4.69, 9.17) is 5.11 Å². The predicted molar refractivity (Wildman–Crippen MR) is 101 cm³/mol. The Balaban J connectivity index is 1.85. The SMILES string of the molecule is CCCC(CNC(=O)c1ccc(SCc2csc(C)n2)cc1)C(=O)O. The molecule has 0 bridgehead atoms. The number of carboxylic acids is 1. The Kier molecular flexibility index (Phi) is 7.46. The molecule has 1 atom stereocenters. The van der Waals surface area contributed by atoms with E-state index < -0.39 is 11.9 Å². The molecule has 2 rings (SSSR count). The molecule has 0 aliphatic carbocycles. The van der Waals surface area contributed by atoms with Crippen LogP contribution in [0.3, 0.4) is 0 Å². The summed E-state index contributed by atoms with van der Waals surface area (Å²) in [6.45, 7) is 4.07. The monoisotopic (exact) mass is 378 g/mol. The van der Waals surface area contributed by atoms with Gasteiger partial charge in [0.2, 0.25) is 0 Å². The van der Waals surface area contributed by atoms with E-state index in [0.717, 1.165) is 27.8 Å². The summed E-state index contributed by atoms with van der Waals surface area (Å²) in [6, 6.07) is 7.33. The van der Waals surface area contributed by atoms with Crippen molar-refractivity contribution in [2.45, 2.75) is 37.3 Å². The highest BCUT2D eigenvalue weighted by molar-refractivity contribution is 7.98. The molecule has 0 saturated heterocycles. The fourth-order valence-electron chi connectivity index (χ4n) is 2.31. The number of carbonyl (C=O) groups excluding carboxylic acids is 1. The first-order valence-corrected chi connectivity index (χ1v) is 10.0. The van der Waals surface area contributed by atoms with Crippen molar-refractivity contribution in [1.82, 2.24) is 10.3 Å². The minimum Gasteiger partial charge on any atom is -0.481 e. The van der Waals surface area contributed by atoms with Gasteiger partial charge in [-0.15, -0.1) is 23.1 Å². The average molecular weight is 379 g/mol. The predicted octanol–water partition coefficient (Wildman–Crippen LogP) is 3.97. The summed E-state index contributed by atoms with van der Waals surface area (Å²) in [5.74, 6) is -0.849. The third-order valence-electron chi connectivity index (χ3n) is 3.67. The minimum atomic E-state index is -0.869. The van der Waals surface area contributed by atoms with Crippen LogP contribution in [0.15, 0.2) is 34.5 Å². The Bertz CT molecular complexity index is 713. The number of rotatable bonds is 9. The van der Waals surface area contributed by atoms with Gasteiger partial charge in [0, 0.05) is 28.1 Å². The van der Waals surface area contributed by atoms with E-state index in [2.05, 4.69) is 15.7 Å². The topological polar surface area (TPSA) is 79.3 Å². The van der Waals surface area contributed by atoms with E-state index in [1.807, 2.05) is 26.0 Å². The van der Waals surface area contributed by atoms with Gasteiger partial charge >= 0.3 is 5.97 Å². The number of nitrogens with zero attached hydrogens (tertiary/aromatic N) is 1. The van der Waals surface area contributed by atoms with Crippen LogP contribution in [0.1, 0.15) is 40.8 Å². The molecule has 1 aromatic heterocycles. The fourth-order valence-corrected chi connectivity index (χ4v) is 3.82. The number of hydrogen-bond acceptors (Lipinski definition) is 5. The van der Waals surface area contributed by atoms with Crippen molar-refractivity contribution in [1.29, 1.82) is 0 Å². The minimum absolute atomic E-state index is 0.154. The molecule has 1 aromatic carbocycles. The number of aliphatic carboxylic acids is 1. The lowest BCUT2D eigenvalue weighted by molar-refractivity contribution is -0.141. The third kappa shape index (κ3) is 6.17. The summed E-state index contributed by atoms with van der Waals surface area (Å²) in [5, 5.41) is 14.9. The summed E-state index contributed by atoms with van der Waals surface area (Å²) in [4.78, 5) is 28.8. The Morgan fingerprint density at radius 1 is 1.32 bits per heavy atom. The third-order valence-corrected chi connectivity index (χ3v) is 5.53. The van der Waals surface area contributed by atoms with E-state index in [1.54, 1.807) is 35.2 Å². The van der Waals surface area contributed by atoms with Crippen LogP contribution in [0.25, 0.3) is 0 Å². The van der Waals surface area contributed by atoms with Crippen LogP contribution in [0.4, 0.5) is 0 Å². The van der Waals surface area contributed by atoms with Gasteiger partial charge in [0.15, 0.2) is 0 Å². The van der Waals surface area contributed by atoms with Gasteiger partial charge in [-0.3, -0.25) is 9.59 Å². The van der Waals surface area contributed by atoms with E-state index in [0.29, 0.717) is 12.0 Å². The molecule has 0 spiro atoms. The van der Waals surface area contributed by atoms with Crippen LogP contribution in [0.5, 0.6) is 0 Å². The number of thiazole rings is 1.